The number of amidine groups is 1. The molecule has 3 aromatic carbocycles. The average molecular weight is 592 g/mol. The SMILES string of the molecule is COC(=O)[C@]1(S(C)(=O)=O)C(=O)N(CCCc2ccccc2)[C@H](COc2ccc(-c3ccc(C(=N)N)cc3)cc2)C1(C)C. The minimum Gasteiger partial charge on any atom is -0.491 e. The summed E-state index contributed by atoms with van der Waals surface area (Å²) in [6, 6.07) is 23.7. The van der Waals surface area contributed by atoms with Crippen molar-refractivity contribution in [3.63, 3.8) is 0 Å². The minimum atomic E-state index is -4.25. The molecule has 0 aliphatic carbocycles. The Morgan fingerprint density at radius 3 is 2.07 bits per heavy atom. The molecule has 2 atom stereocenters. The molecule has 1 fully saturated rings. The van der Waals surface area contributed by atoms with Crippen LogP contribution >= 0.6 is 0 Å². The predicted molar refractivity (Wildman–Crippen MR) is 162 cm³/mol. The molecule has 0 aromatic heterocycles. The molecule has 222 valence electrons. The Labute approximate surface area is 247 Å². The van der Waals surface area contributed by atoms with Gasteiger partial charge in [-0.3, -0.25) is 10.2 Å². The Bertz CT molecular complexity index is 1550. The second-order valence-electron chi connectivity index (χ2n) is 11.1. The molecule has 1 saturated heterocycles. The first kappa shape index (κ1) is 30.8. The lowest BCUT2D eigenvalue weighted by Gasteiger charge is -2.37. The highest BCUT2D eigenvalue weighted by Crippen LogP contribution is 2.50. The maximum Gasteiger partial charge on any atom is 0.337 e. The molecule has 0 bridgehead atoms. The summed E-state index contributed by atoms with van der Waals surface area (Å²) in [5.74, 6) is -1.34. The van der Waals surface area contributed by atoms with E-state index < -0.39 is 37.9 Å². The van der Waals surface area contributed by atoms with Gasteiger partial charge in [-0.1, -0.05) is 80.6 Å². The molecule has 3 N–H and O–H groups in total. The number of nitrogens with two attached hydrogens (primary N) is 1. The van der Waals surface area contributed by atoms with Gasteiger partial charge in [0.1, 0.15) is 18.2 Å². The second kappa shape index (κ2) is 12.0. The normalized spacial score (nSPS) is 19.9. The van der Waals surface area contributed by atoms with Crippen LogP contribution in [0.25, 0.3) is 11.1 Å². The van der Waals surface area contributed by atoms with Gasteiger partial charge in [0, 0.05) is 23.8 Å². The highest BCUT2D eigenvalue weighted by Gasteiger charge is 2.74. The summed E-state index contributed by atoms with van der Waals surface area (Å²) in [5, 5.41) is 7.56. The fourth-order valence-electron chi connectivity index (χ4n) is 5.94. The third-order valence-electron chi connectivity index (χ3n) is 8.21. The van der Waals surface area contributed by atoms with E-state index in [1.54, 1.807) is 38.1 Å². The molecule has 9 nitrogen and oxygen atoms in total. The number of carbonyl (C=O) groups is 2. The summed E-state index contributed by atoms with van der Waals surface area (Å²) < 4.78 is 35.2. The Hall–Kier alpha value is -4.18. The summed E-state index contributed by atoms with van der Waals surface area (Å²) in [5.41, 5.74) is 7.78. The van der Waals surface area contributed by atoms with E-state index >= 15 is 0 Å². The van der Waals surface area contributed by atoms with E-state index in [9.17, 15) is 18.0 Å². The minimum absolute atomic E-state index is 0.000169. The molecule has 10 heteroatoms. The molecular weight excluding hydrogens is 554 g/mol. The highest BCUT2D eigenvalue weighted by molar-refractivity contribution is 7.93. The molecular formula is C32H37N3O6S. The number of methoxy groups -OCH3 is 1. The number of rotatable bonds is 11. The quantitative estimate of drug-likeness (QED) is 0.149. The van der Waals surface area contributed by atoms with Gasteiger partial charge in [0.05, 0.1) is 13.2 Å². The zero-order valence-electron chi connectivity index (χ0n) is 24.3. The zero-order valence-corrected chi connectivity index (χ0v) is 25.1. The van der Waals surface area contributed by atoms with Crippen LogP contribution in [0.4, 0.5) is 0 Å². The van der Waals surface area contributed by atoms with Crippen molar-refractivity contribution in [2.75, 3.05) is 26.5 Å². The first-order valence-corrected chi connectivity index (χ1v) is 15.5. The van der Waals surface area contributed by atoms with Gasteiger partial charge in [-0.2, -0.15) is 0 Å². The van der Waals surface area contributed by atoms with Crippen LogP contribution in [-0.2, 0) is 30.6 Å². The Balaban J connectivity index is 1.60. The largest absolute Gasteiger partial charge is 0.491 e. The van der Waals surface area contributed by atoms with Gasteiger partial charge in [0.25, 0.3) is 10.7 Å². The summed E-state index contributed by atoms with van der Waals surface area (Å²) >= 11 is 0. The number of hydrogen-bond donors (Lipinski definition) is 2. The maximum atomic E-state index is 14.0. The third-order valence-corrected chi connectivity index (χ3v) is 10.2. The molecule has 4 rings (SSSR count). The number of hydrogen-bond acceptors (Lipinski definition) is 7. The number of nitrogens with one attached hydrogen (secondary N) is 1. The first-order valence-electron chi connectivity index (χ1n) is 13.6. The molecule has 1 heterocycles. The number of benzene rings is 3. The van der Waals surface area contributed by atoms with Gasteiger partial charge in [0.15, 0.2) is 9.84 Å². The number of sulfone groups is 1. The Morgan fingerprint density at radius 2 is 1.55 bits per heavy atom. The summed E-state index contributed by atoms with van der Waals surface area (Å²) in [6.07, 6.45) is 2.16. The first-order chi connectivity index (χ1) is 19.8. The highest BCUT2D eigenvalue weighted by atomic mass is 32.2. The molecule has 42 heavy (non-hydrogen) atoms. The van der Waals surface area contributed by atoms with Crippen molar-refractivity contribution in [1.29, 1.82) is 5.41 Å². The van der Waals surface area contributed by atoms with Crippen molar-refractivity contribution in [1.82, 2.24) is 4.90 Å². The lowest BCUT2D eigenvalue weighted by atomic mass is 9.75. The number of likely N-dealkylation sites (tertiary alicyclic amines) is 1. The second-order valence-corrected chi connectivity index (χ2v) is 13.3. The molecule has 0 radical (unpaired) electrons. The van der Waals surface area contributed by atoms with Crippen LogP contribution in [0.1, 0.15) is 31.4 Å². The molecule has 1 amide bonds. The van der Waals surface area contributed by atoms with Crippen molar-refractivity contribution >= 4 is 27.5 Å². The van der Waals surface area contributed by atoms with Crippen molar-refractivity contribution in [3.8, 4) is 16.9 Å². The van der Waals surface area contributed by atoms with Crippen LogP contribution in [0, 0.1) is 10.8 Å². The van der Waals surface area contributed by atoms with Crippen molar-refractivity contribution in [3.05, 3.63) is 90.0 Å². The average Bonchev–Trinajstić information content (AvgIpc) is 3.13. The van der Waals surface area contributed by atoms with E-state index in [0.29, 0.717) is 24.2 Å². The lowest BCUT2D eigenvalue weighted by molar-refractivity contribution is -0.150. The van der Waals surface area contributed by atoms with Crippen LogP contribution in [0.2, 0.25) is 0 Å². The number of ether oxygens (including phenoxy) is 2. The molecule has 0 unspecified atom stereocenters. The summed E-state index contributed by atoms with van der Waals surface area (Å²) in [7, 11) is -3.15. The number of nitrogens with zero attached hydrogens (tertiary/aromatic N) is 1. The maximum absolute atomic E-state index is 14.0. The van der Waals surface area contributed by atoms with Crippen LogP contribution < -0.4 is 10.5 Å². The Morgan fingerprint density at radius 1 is 0.976 bits per heavy atom. The zero-order chi connectivity index (χ0) is 30.7. The molecule has 1 aliphatic heterocycles. The van der Waals surface area contributed by atoms with E-state index in [0.717, 1.165) is 30.1 Å². The van der Waals surface area contributed by atoms with Gasteiger partial charge in [-0.05, 0) is 41.7 Å². The number of amides is 1. The van der Waals surface area contributed by atoms with Gasteiger partial charge in [0.2, 0.25) is 0 Å². The summed E-state index contributed by atoms with van der Waals surface area (Å²) in [4.78, 5) is 28.7. The molecule has 1 aliphatic rings. The molecule has 0 spiro atoms. The van der Waals surface area contributed by atoms with Crippen molar-refractivity contribution in [2.24, 2.45) is 11.1 Å². The van der Waals surface area contributed by atoms with E-state index in [-0.39, 0.29) is 19.0 Å². The van der Waals surface area contributed by atoms with Crippen LogP contribution in [-0.4, -0.2) is 68.3 Å². The smallest absolute Gasteiger partial charge is 0.337 e. The van der Waals surface area contributed by atoms with E-state index in [1.807, 2.05) is 54.6 Å². The van der Waals surface area contributed by atoms with Gasteiger partial charge >= 0.3 is 5.97 Å². The fraction of sp³-hybridized carbons (Fsp3) is 0.344. The van der Waals surface area contributed by atoms with Gasteiger partial charge in [-0.15, -0.1) is 0 Å². The van der Waals surface area contributed by atoms with Crippen molar-refractivity contribution in [2.45, 2.75) is 37.5 Å². The molecule has 3 aromatic rings. The topological polar surface area (TPSA) is 140 Å². The number of carbonyl (C=O) groups excluding carboxylic acids is 2. The standard InChI is InChI=1S/C32H37N3O6S/c1-31(2)27(21-41-26-18-16-24(17-19-26)23-12-14-25(15-13-23)28(33)34)35(20-8-11-22-9-6-5-7-10-22)29(36)32(31,30(37)40-3)42(4,38)39/h5-7,9-10,12-19,27H,8,11,20-21H2,1-4H3,(H3,33,34)/t27-,32-/m1/s1. The van der Waals surface area contributed by atoms with Gasteiger partial charge < -0.3 is 20.1 Å². The predicted octanol–water partition coefficient (Wildman–Crippen LogP) is 3.84. The van der Waals surface area contributed by atoms with Crippen LogP contribution in [0.5, 0.6) is 5.75 Å². The number of nitrogen functional groups attached to an aromatic ring is 1. The fourth-order valence-corrected chi connectivity index (χ4v) is 7.85. The lowest BCUT2D eigenvalue weighted by Crippen LogP contribution is -2.61. The van der Waals surface area contributed by atoms with E-state index in [1.165, 1.54) is 4.90 Å². The van der Waals surface area contributed by atoms with Crippen molar-refractivity contribution < 1.29 is 27.5 Å². The van der Waals surface area contributed by atoms with Crippen LogP contribution in [0.3, 0.4) is 0 Å². The summed E-state index contributed by atoms with van der Waals surface area (Å²) in [6.45, 7) is 3.45. The number of aryl methyl sites for hydroxylation is 1. The van der Waals surface area contributed by atoms with Crippen LogP contribution in [0.15, 0.2) is 78.9 Å². The number of esters is 1. The monoisotopic (exact) mass is 591 g/mol. The molecule has 0 saturated carbocycles. The van der Waals surface area contributed by atoms with Gasteiger partial charge in [-0.25, -0.2) is 13.2 Å². The van der Waals surface area contributed by atoms with E-state index in [2.05, 4.69) is 0 Å². The Kier molecular flexibility index (Phi) is 8.77. The van der Waals surface area contributed by atoms with E-state index in [4.69, 9.17) is 20.6 Å². The third kappa shape index (κ3) is 5.51.